The molecule has 0 aliphatic rings. The fourth-order valence-electron chi connectivity index (χ4n) is 1.37. The van der Waals surface area contributed by atoms with Gasteiger partial charge in [-0.3, -0.25) is 0 Å². The van der Waals surface area contributed by atoms with Crippen molar-refractivity contribution >= 4 is 0 Å². The second kappa shape index (κ2) is 16.4. The highest BCUT2D eigenvalue weighted by atomic mass is 16.8. The van der Waals surface area contributed by atoms with Gasteiger partial charge in [0.25, 0.3) is 6.29 Å². The van der Waals surface area contributed by atoms with E-state index in [2.05, 4.69) is 26.3 Å². The number of hydrogen-bond donors (Lipinski definition) is 0. The van der Waals surface area contributed by atoms with Crippen LogP contribution in [-0.2, 0) is 33.2 Å². The molecular formula is C16H26O7. The lowest BCUT2D eigenvalue weighted by Crippen LogP contribution is -2.37. The second-order valence-corrected chi connectivity index (χ2v) is 3.76. The van der Waals surface area contributed by atoms with Gasteiger partial charge in [0.1, 0.15) is 19.8 Å². The van der Waals surface area contributed by atoms with E-state index in [9.17, 15) is 0 Å². The van der Waals surface area contributed by atoms with Gasteiger partial charge >= 0.3 is 0 Å². The molecule has 0 aromatic heterocycles. The molecule has 0 saturated carbocycles. The largest absolute Gasteiger partial charge is 0.499 e. The monoisotopic (exact) mass is 330 g/mol. The van der Waals surface area contributed by atoms with E-state index in [1.54, 1.807) is 0 Å². The normalized spacial score (nSPS) is 11.3. The Morgan fingerprint density at radius 3 is 1.26 bits per heavy atom. The minimum Gasteiger partial charge on any atom is -0.499 e. The van der Waals surface area contributed by atoms with E-state index >= 15 is 0 Å². The number of ether oxygens (including phenoxy) is 7. The predicted molar refractivity (Wildman–Crippen MR) is 85.2 cm³/mol. The summed E-state index contributed by atoms with van der Waals surface area (Å²) in [6, 6.07) is 0. The maximum absolute atomic E-state index is 5.56. The Hall–Kier alpha value is -1.96. The van der Waals surface area contributed by atoms with Crippen molar-refractivity contribution < 1.29 is 33.2 Å². The lowest BCUT2D eigenvalue weighted by atomic mass is 10.5. The van der Waals surface area contributed by atoms with Crippen molar-refractivity contribution in [2.45, 2.75) is 12.6 Å². The summed E-state index contributed by atoms with van der Waals surface area (Å²) in [7, 11) is 0. The summed E-state index contributed by atoms with van der Waals surface area (Å²) in [6.45, 7) is 15.6. The molecule has 0 bridgehead atoms. The zero-order valence-corrected chi connectivity index (χ0v) is 13.4. The molecule has 0 spiro atoms. The molecule has 1 unspecified atom stereocenters. The molecule has 0 amide bonds. The van der Waals surface area contributed by atoms with Gasteiger partial charge in [0.05, 0.1) is 44.9 Å². The Morgan fingerprint density at radius 1 is 0.522 bits per heavy atom. The highest BCUT2D eigenvalue weighted by Crippen LogP contribution is 2.09. The zero-order chi connectivity index (χ0) is 17.2. The maximum atomic E-state index is 5.56. The molecule has 0 rings (SSSR count). The van der Waals surface area contributed by atoms with Crippen LogP contribution in [-0.4, -0.2) is 52.2 Å². The van der Waals surface area contributed by atoms with Crippen LogP contribution in [0.1, 0.15) is 0 Å². The van der Waals surface area contributed by atoms with E-state index in [0.29, 0.717) is 19.8 Å². The van der Waals surface area contributed by atoms with E-state index in [1.807, 2.05) is 0 Å². The third kappa shape index (κ3) is 12.3. The fraction of sp³-hybridized carbons (Fsp3) is 0.500. The van der Waals surface area contributed by atoms with Crippen LogP contribution in [0.4, 0.5) is 0 Å². The highest BCUT2D eigenvalue weighted by molar-refractivity contribution is 4.60. The van der Waals surface area contributed by atoms with Crippen LogP contribution < -0.4 is 0 Å². The molecule has 0 aromatic carbocycles. The first-order valence-electron chi connectivity index (χ1n) is 7.08. The third-order valence-corrected chi connectivity index (χ3v) is 2.26. The average Bonchev–Trinajstić information content (AvgIpc) is 2.56. The SMILES string of the molecule is C=COCCOC(OC=C)C(OCCOC=C)OCCOC=C. The van der Waals surface area contributed by atoms with Crippen molar-refractivity contribution in [2.24, 2.45) is 0 Å². The average molecular weight is 330 g/mol. The molecule has 0 N–H and O–H groups in total. The van der Waals surface area contributed by atoms with E-state index in [-0.39, 0.29) is 19.8 Å². The molecular weight excluding hydrogens is 304 g/mol. The van der Waals surface area contributed by atoms with E-state index < -0.39 is 12.6 Å². The summed E-state index contributed by atoms with van der Waals surface area (Å²) in [5.74, 6) is 0. The van der Waals surface area contributed by atoms with Crippen LogP contribution in [0, 0.1) is 0 Å². The Balaban J connectivity index is 4.41. The third-order valence-electron chi connectivity index (χ3n) is 2.26. The van der Waals surface area contributed by atoms with Gasteiger partial charge in [-0.25, -0.2) is 0 Å². The van der Waals surface area contributed by atoms with Gasteiger partial charge in [-0.05, 0) is 0 Å². The van der Waals surface area contributed by atoms with E-state index in [4.69, 9.17) is 33.2 Å². The van der Waals surface area contributed by atoms with Gasteiger partial charge in [-0.2, -0.15) is 0 Å². The molecule has 7 heteroatoms. The molecule has 0 heterocycles. The first-order chi connectivity index (χ1) is 11.3. The Bertz CT molecular complexity index is 304. The quantitative estimate of drug-likeness (QED) is 0.217. The Kier molecular flexibility index (Phi) is 15.0. The van der Waals surface area contributed by atoms with Crippen LogP contribution in [0.2, 0.25) is 0 Å². The molecule has 132 valence electrons. The lowest BCUT2D eigenvalue weighted by Gasteiger charge is -2.26. The lowest BCUT2D eigenvalue weighted by molar-refractivity contribution is -0.275. The van der Waals surface area contributed by atoms with E-state index in [0.717, 1.165) is 0 Å². The van der Waals surface area contributed by atoms with Crippen LogP contribution in [0.25, 0.3) is 0 Å². The Labute approximate surface area is 137 Å². The molecule has 0 aliphatic heterocycles. The van der Waals surface area contributed by atoms with Crippen molar-refractivity contribution in [3.63, 3.8) is 0 Å². The minimum atomic E-state index is -0.812. The predicted octanol–water partition coefficient (Wildman–Crippen LogP) is 2.33. The summed E-state index contributed by atoms with van der Waals surface area (Å²) >= 11 is 0. The Morgan fingerprint density at radius 2 is 0.913 bits per heavy atom. The van der Waals surface area contributed by atoms with Gasteiger partial charge in [-0.15, -0.1) is 0 Å². The topological polar surface area (TPSA) is 64.6 Å². The van der Waals surface area contributed by atoms with Crippen LogP contribution in [0.5, 0.6) is 0 Å². The smallest absolute Gasteiger partial charge is 0.250 e. The molecule has 0 saturated heterocycles. The van der Waals surface area contributed by atoms with Gasteiger partial charge in [-0.1, -0.05) is 26.3 Å². The van der Waals surface area contributed by atoms with Crippen molar-refractivity contribution in [3.05, 3.63) is 51.4 Å². The number of hydrogen-bond acceptors (Lipinski definition) is 7. The van der Waals surface area contributed by atoms with Crippen molar-refractivity contribution in [3.8, 4) is 0 Å². The fourth-order valence-corrected chi connectivity index (χ4v) is 1.37. The van der Waals surface area contributed by atoms with Crippen LogP contribution >= 0.6 is 0 Å². The molecule has 0 radical (unpaired) electrons. The van der Waals surface area contributed by atoms with Crippen LogP contribution in [0.3, 0.4) is 0 Å². The molecule has 1 atom stereocenters. The van der Waals surface area contributed by atoms with Crippen molar-refractivity contribution in [1.29, 1.82) is 0 Å². The summed E-state index contributed by atoms with van der Waals surface area (Å²) in [5, 5.41) is 0. The first-order valence-corrected chi connectivity index (χ1v) is 7.08. The molecule has 0 aliphatic carbocycles. The highest BCUT2D eigenvalue weighted by Gasteiger charge is 2.25. The van der Waals surface area contributed by atoms with E-state index in [1.165, 1.54) is 25.0 Å². The molecule has 23 heavy (non-hydrogen) atoms. The molecule has 0 fully saturated rings. The van der Waals surface area contributed by atoms with Gasteiger partial charge in [0.2, 0.25) is 6.29 Å². The minimum absolute atomic E-state index is 0.264. The molecule has 7 nitrogen and oxygen atoms in total. The molecule has 0 aromatic rings. The standard InChI is InChI=1S/C16H26O7/c1-5-17-9-12-21-15(20-8-4)16(22-13-10-18-6-2)23-14-11-19-7-3/h5-8,15-16H,1-4,9-14H2. The van der Waals surface area contributed by atoms with Crippen LogP contribution in [0.15, 0.2) is 51.4 Å². The number of rotatable bonds is 18. The summed E-state index contributed by atoms with van der Waals surface area (Å²) in [6.07, 6.45) is 3.64. The van der Waals surface area contributed by atoms with Gasteiger partial charge in [0, 0.05) is 0 Å². The summed E-state index contributed by atoms with van der Waals surface area (Å²) in [5.41, 5.74) is 0. The summed E-state index contributed by atoms with van der Waals surface area (Å²) in [4.78, 5) is 0. The first kappa shape index (κ1) is 21.0. The van der Waals surface area contributed by atoms with Gasteiger partial charge < -0.3 is 33.2 Å². The zero-order valence-electron chi connectivity index (χ0n) is 13.4. The summed E-state index contributed by atoms with van der Waals surface area (Å²) < 4.78 is 36.9. The maximum Gasteiger partial charge on any atom is 0.250 e. The van der Waals surface area contributed by atoms with Crippen molar-refractivity contribution in [2.75, 3.05) is 39.6 Å². The second-order valence-electron chi connectivity index (χ2n) is 3.76. The van der Waals surface area contributed by atoms with Gasteiger partial charge in [0.15, 0.2) is 0 Å². The van der Waals surface area contributed by atoms with Crippen molar-refractivity contribution in [1.82, 2.24) is 0 Å².